The summed E-state index contributed by atoms with van der Waals surface area (Å²) in [6, 6.07) is 8.26. The van der Waals surface area contributed by atoms with Crippen LogP contribution in [0.3, 0.4) is 0 Å². The minimum absolute atomic E-state index is 0.0677. The van der Waals surface area contributed by atoms with Crippen LogP contribution in [0, 0.1) is 6.92 Å². The molecule has 2 atom stereocenters. The van der Waals surface area contributed by atoms with Gasteiger partial charge >= 0.3 is 0 Å². The van der Waals surface area contributed by atoms with E-state index in [1.165, 1.54) is 17.3 Å². The Bertz CT molecular complexity index is 776. The first-order valence-corrected chi connectivity index (χ1v) is 8.88. The lowest BCUT2D eigenvalue weighted by Gasteiger charge is -2.16. The lowest BCUT2D eigenvalue weighted by Crippen LogP contribution is -2.18. The van der Waals surface area contributed by atoms with Crippen molar-refractivity contribution in [3.63, 3.8) is 0 Å². The average Bonchev–Trinajstić information content (AvgIpc) is 2.74. The summed E-state index contributed by atoms with van der Waals surface area (Å²) in [7, 11) is 0. The molecule has 1 aliphatic rings. The number of aromatic amines is 1. The number of hydrogen-bond donors (Lipinski definition) is 2. The molecular weight excluding hydrogens is 310 g/mol. The van der Waals surface area contributed by atoms with E-state index < -0.39 is 0 Å². The molecule has 2 aromatic rings. The van der Waals surface area contributed by atoms with Crippen LogP contribution in [0.1, 0.15) is 48.3 Å². The Balaban J connectivity index is 2.15. The standard InChI is InChI=1S/C17H21N3O2S/c1-4-11(3)20-16-14(17(22)19-20)15(23-9-13(21)18-16)12-7-5-10(2)6-8-12/h5-8,11,15H,4,9H2,1-3H3,(H,18,21)(H,19,22)/t11-,15-/m1/s1. The number of nitrogens with one attached hydrogen (secondary N) is 2. The summed E-state index contributed by atoms with van der Waals surface area (Å²) in [5.74, 6) is 0.888. The van der Waals surface area contributed by atoms with Crippen LogP contribution >= 0.6 is 11.8 Å². The Morgan fingerprint density at radius 1 is 1.30 bits per heavy atom. The number of fused-ring (bicyclic) bond motifs is 1. The van der Waals surface area contributed by atoms with Crippen molar-refractivity contribution in [3.05, 3.63) is 51.3 Å². The molecule has 5 nitrogen and oxygen atoms in total. The second kappa shape index (κ2) is 6.28. The van der Waals surface area contributed by atoms with Gasteiger partial charge in [0.05, 0.1) is 16.6 Å². The highest BCUT2D eigenvalue weighted by atomic mass is 32.2. The molecule has 1 aliphatic heterocycles. The van der Waals surface area contributed by atoms with Gasteiger partial charge in [-0.15, -0.1) is 11.8 Å². The van der Waals surface area contributed by atoms with E-state index in [4.69, 9.17) is 0 Å². The molecule has 0 unspecified atom stereocenters. The van der Waals surface area contributed by atoms with Crippen molar-refractivity contribution in [1.29, 1.82) is 0 Å². The molecule has 23 heavy (non-hydrogen) atoms. The maximum absolute atomic E-state index is 12.6. The monoisotopic (exact) mass is 331 g/mol. The second-order valence-electron chi connectivity index (χ2n) is 5.98. The van der Waals surface area contributed by atoms with E-state index in [9.17, 15) is 9.59 Å². The van der Waals surface area contributed by atoms with Crippen LogP contribution in [0.5, 0.6) is 0 Å². The predicted octanol–water partition coefficient (Wildman–Crippen LogP) is 3.23. The molecule has 122 valence electrons. The number of aryl methyl sites for hydroxylation is 1. The van der Waals surface area contributed by atoms with Crippen molar-refractivity contribution in [2.75, 3.05) is 11.1 Å². The minimum atomic E-state index is -0.140. The van der Waals surface area contributed by atoms with Crippen LogP contribution in [0.2, 0.25) is 0 Å². The number of thioether (sulfide) groups is 1. The fraction of sp³-hybridized carbons (Fsp3) is 0.412. The van der Waals surface area contributed by atoms with Crippen molar-refractivity contribution in [1.82, 2.24) is 9.78 Å². The van der Waals surface area contributed by atoms with Crippen LogP contribution in [-0.4, -0.2) is 21.4 Å². The van der Waals surface area contributed by atoms with Crippen LogP contribution in [0.15, 0.2) is 29.1 Å². The third kappa shape index (κ3) is 2.95. The van der Waals surface area contributed by atoms with Crippen molar-refractivity contribution >= 4 is 23.5 Å². The van der Waals surface area contributed by atoms with E-state index in [0.29, 0.717) is 17.1 Å². The van der Waals surface area contributed by atoms with Gasteiger partial charge in [0.2, 0.25) is 5.91 Å². The van der Waals surface area contributed by atoms with Crippen molar-refractivity contribution in [2.45, 2.75) is 38.5 Å². The molecule has 0 fully saturated rings. The molecule has 1 amide bonds. The summed E-state index contributed by atoms with van der Waals surface area (Å²) < 4.78 is 1.79. The van der Waals surface area contributed by atoms with Crippen LogP contribution in [-0.2, 0) is 4.79 Å². The molecule has 0 spiro atoms. The van der Waals surface area contributed by atoms with E-state index >= 15 is 0 Å². The maximum atomic E-state index is 12.6. The Morgan fingerprint density at radius 2 is 2.00 bits per heavy atom. The second-order valence-corrected chi connectivity index (χ2v) is 7.07. The quantitative estimate of drug-likeness (QED) is 0.907. The first kappa shape index (κ1) is 15.9. The molecular formula is C17H21N3O2S. The minimum Gasteiger partial charge on any atom is -0.310 e. The van der Waals surface area contributed by atoms with Gasteiger partial charge in [0.15, 0.2) is 0 Å². The highest BCUT2D eigenvalue weighted by molar-refractivity contribution is 8.00. The van der Waals surface area contributed by atoms with Crippen molar-refractivity contribution in [2.24, 2.45) is 0 Å². The first-order valence-electron chi connectivity index (χ1n) is 7.83. The Labute approximate surface area is 139 Å². The third-order valence-electron chi connectivity index (χ3n) is 4.28. The van der Waals surface area contributed by atoms with Crippen molar-refractivity contribution in [3.8, 4) is 0 Å². The maximum Gasteiger partial charge on any atom is 0.270 e. The van der Waals surface area contributed by atoms with Crippen LogP contribution < -0.4 is 10.9 Å². The molecule has 0 saturated heterocycles. The van der Waals surface area contributed by atoms with E-state index in [2.05, 4.69) is 17.3 Å². The SMILES string of the molecule is CC[C@@H](C)n1[nH]c(=O)c2c1NC(=O)CS[C@@H]2c1ccc(C)cc1. The number of aromatic nitrogens is 2. The van der Waals surface area contributed by atoms with Gasteiger partial charge in [0, 0.05) is 6.04 Å². The highest BCUT2D eigenvalue weighted by Crippen LogP contribution is 2.40. The Morgan fingerprint density at radius 3 is 2.65 bits per heavy atom. The van der Waals surface area contributed by atoms with Gasteiger partial charge in [0.1, 0.15) is 5.82 Å². The van der Waals surface area contributed by atoms with Gasteiger partial charge in [-0.25, -0.2) is 0 Å². The topological polar surface area (TPSA) is 66.9 Å². The summed E-state index contributed by atoms with van der Waals surface area (Å²) in [4.78, 5) is 24.7. The average molecular weight is 331 g/mol. The van der Waals surface area contributed by atoms with Gasteiger partial charge in [0.25, 0.3) is 5.56 Å². The number of carbonyl (C=O) groups is 1. The summed E-state index contributed by atoms with van der Waals surface area (Å²) in [5, 5.41) is 5.67. The van der Waals surface area contributed by atoms with E-state index in [-0.39, 0.29) is 22.8 Å². The number of amides is 1. The molecule has 0 bridgehead atoms. The molecule has 2 N–H and O–H groups in total. The molecule has 6 heteroatoms. The van der Waals surface area contributed by atoms with Crippen molar-refractivity contribution < 1.29 is 4.79 Å². The molecule has 0 saturated carbocycles. The number of carbonyl (C=O) groups excluding carboxylic acids is 1. The molecule has 2 heterocycles. The van der Waals surface area contributed by atoms with Gasteiger partial charge in [-0.3, -0.25) is 19.4 Å². The fourth-order valence-corrected chi connectivity index (χ4v) is 3.89. The summed E-state index contributed by atoms with van der Waals surface area (Å²) >= 11 is 1.50. The fourth-order valence-electron chi connectivity index (χ4n) is 2.76. The number of H-pyrrole nitrogens is 1. The van der Waals surface area contributed by atoms with E-state index in [1.807, 2.05) is 38.1 Å². The van der Waals surface area contributed by atoms with Crippen LogP contribution in [0.4, 0.5) is 5.82 Å². The first-order chi connectivity index (χ1) is 11.0. The summed E-state index contributed by atoms with van der Waals surface area (Å²) in [6.07, 6.45) is 0.870. The number of benzene rings is 1. The molecule has 3 rings (SSSR count). The number of rotatable bonds is 3. The van der Waals surface area contributed by atoms with Gasteiger partial charge < -0.3 is 5.32 Å². The Hall–Kier alpha value is -1.95. The zero-order valence-electron chi connectivity index (χ0n) is 13.6. The summed E-state index contributed by atoms with van der Waals surface area (Å²) in [5.41, 5.74) is 2.74. The number of nitrogens with zero attached hydrogens (tertiary/aromatic N) is 1. The lowest BCUT2D eigenvalue weighted by atomic mass is 10.0. The highest BCUT2D eigenvalue weighted by Gasteiger charge is 2.31. The van der Waals surface area contributed by atoms with E-state index in [0.717, 1.165) is 12.0 Å². The predicted molar refractivity (Wildman–Crippen MR) is 94.2 cm³/mol. The van der Waals surface area contributed by atoms with Gasteiger partial charge in [-0.1, -0.05) is 36.8 Å². The van der Waals surface area contributed by atoms with Crippen LogP contribution in [0.25, 0.3) is 0 Å². The molecule has 0 radical (unpaired) electrons. The zero-order valence-corrected chi connectivity index (χ0v) is 14.4. The third-order valence-corrected chi connectivity index (χ3v) is 5.55. The largest absolute Gasteiger partial charge is 0.310 e. The van der Waals surface area contributed by atoms with Gasteiger partial charge in [-0.2, -0.15) is 0 Å². The number of anilines is 1. The molecule has 0 aliphatic carbocycles. The van der Waals surface area contributed by atoms with E-state index in [1.54, 1.807) is 4.68 Å². The molecule has 1 aromatic carbocycles. The smallest absolute Gasteiger partial charge is 0.270 e. The zero-order chi connectivity index (χ0) is 16.6. The summed E-state index contributed by atoms with van der Waals surface area (Å²) in [6.45, 7) is 6.12. The van der Waals surface area contributed by atoms with Gasteiger partial charge in [-0.05, 0) is 25.8 Å². The number of hydrogen-bond acceptors (Lipinski definition) is 3. The Kier molecular flexibility index (Phi) is 4.35. The molecule has 1 aromatic heterocycles. The lowest BCUT2D eigenvalue weighted by molar-refractivity contribution is -0.113. The normalized spacial score (nSPS) is 18.9.